The van der Waals surface area contributed by atoms with Gasteiger partial charge in [-0.05, 0) is 43.9 Å². The van der Waals surface area contributed by atoms with Crippen LogP contribution in [-0.2, 0) is 4.74 Å². The molecular weight excluding hydrogens is 340 g/mol. The van der Waals surface area contributed by atoms with Crippen LogP contribution < -0.4 is 10.1 Å². The first-order valence-corrected chi connectivity index (χ1v) is 8.37. The smallest absolute Gasteiger partial charge is 0.411 e. The van der Waals surface area contributed by atoms with Crippen LogP contribution in [-0.4, -0.2) is 38.8 Å². The quantitative estimate of drug-likeness (QED) is 0.782. The van der Waals surface area contributed by atoms with Crippen molar-refractivity contribution in [1.82, 2.24) is 4.90 Å². The number of ether oxygens (including phenoxy) is 2. The van der Waals surface area contributed by atoms with E-state index < -0.39 is 6.09 Å². The fraction of sp³-hybridized carbons (Fsp3) is 0.316. The predicted octanol–water partition coefficient (Wildman–Crippen LogP) is 4.59. The van der Waals surface area contributed by atoms with Gasteiger partial charge < -0.3 is 14.4 Å². The molecule has 0 saturated carbocycles. The molecule has 0 aliphatic carbocycles. The summed E-state index contributed by atoms with van der Waals surface area (Å²) in [7, 11) is 5.57. The third kappa shape index (κ3) is 5.96. The van der Waals surface area contributed by atoms with Gasteiger partial charge >= 0.3 is 6.09 Å². The van der Waals surface area contributed by atoms with Gasteiger partial charge in [0, 0.05) is 29.2 Å². The molecule has 6 heteroatoms. The van der Waals surface area contributed by atoms with Gasteiger partial charge in [-0.2, -0.15) is 0 Å². The number of carbonyl (C=O) groups is 1. The predicted molar refractivity (Wildman–Crippen MR) is 100 cm³/mol. The highest BCUT2D eigenvalue weighted by molar-refractivity contribution is 6.30. The van der Waals surface area contributed by atoms with E-state index in [9.17, 15) is 4.79 Å². The van der Waals surface area contributed by atoms with E-state index in [-0.39, 0.29) is 6.04 Å². The molecule has 1 atom stereocenters. The highest BCUT2D eigenvalue weighted by Crippen LogP contribution is 2.23. The number of carbonyl (C=O) groups excluding carboxylic acids is 1. The van der Waals surface area contributed by atoms with Gasteiger partial charge in [-0.1, -0.05) is 29.8 Å². The molecule has 0 bridgehead atoms. The Hall–Kier alpha value is -2.24. The molecule has 2 rings (SSSR count). The highest BCUT2D eigenvalue weighted by Gasteiger charge is 2.15. The summed E-state index contributed by atoms with van der Waals surface area (Å²) in [5.74, 6) is 0.674. The summed E-state index contributed by atoms with van der Waals surface area (Å²) >= 11 is 5.94. The Morgan fingerprint density at radius 1 is 1.20 bits per heavy atom. The van der Waals surface area contributed by atoms with Crippen molar-refractivity contribution in [1.29, 1.82) is 0 Å². The van der Waals surface area contributed by atoms with E-state index in [1.807, 2.05) is 44.4 Å². The summed E-state index contributed by atoms with van der Waals surface area (Å²) in [5, 5.41) is 3.40. The van der Waals surface area contributed by atoms with Crippen LogP contribution >= 0.6 is 11.6 Å². The number of methoxy groups -OCH3 is 1. The molecule has 25 heavy (non-hydrogen) atoms. The van der Waals surface area contributed by atoms with E-state index in [1.54, 1.807) is 25.3 Å². The normalized spacial score (nSPS) is 11.9. The minimum absolute atomic E-state index is 0.141. The van der Waals surface area contributed by atoms with E-state index in [0.29, 0.717) is 29.5 Å². The summed E-state index contributed by atoms with van der Waals surface area (Å²) in [6, 6.07) is 15.0. The molecule has 1 unspecified atom stereocenters. The zero-order valence-electron chi connectivity index (χ0n) is 14.7. The van der Waals surface area contributed by atoms with Crippen LogP contribution in [0, 0.1) is 0 Å². The van der Waals surface area contributed by atoms with Crippen LogP contribution in [0.25, 0.3) is 0 Å². The summed E-state index contributed by atoms with van der Waals surface area (Å²) in [6.07, 6.45) is 0.196. The minimum Gasteiger partial charge on any atom is -0.497 e. The van der Waals surface area contributed by atoms with Gasteiger partial charge in [0.25, 0.3) is 0 Å². The van der Waals surface area contributed by atoms with Gasteiger partial charge in [-0.3, -0.25) is 5.32 Å². The molecule has 0 saturated heterocycles. The van der Waals surface area contributed by atoms with Crippen LogP contribution in [0.5, 0.6) is 5.75 Å². The first-order chi connectivity index (χ1) is 12.0. The van der Waals surface area contributed by atoms with E-state index in [1.165, 1.54) is 0 Å². The van der Waals surface area contributed by atoms with Crippen LogP contribution in [0.2, 0.25) is 5.02 Å². The molecule has 2 aromatic rings. The fourth-order valence-electron chi connectivity index (χ4n) is 2.53. The van der Waals surface area contributed by atoms with Gasteiger partial charge in [0.05, 0.1) is 13.7 Å². The average molecular weight is 363 g/mol. The van der Waals surface area contributed by atoms with Gasteiger partial charge in [0.15, 0.2) is 0 Å². The molecule has 0 fully saturated rings. The highest BCUT2D eigenvalue weighted by atomic mass is 35.5. The number of halogens is 1. The van der Waals surface area contributed by atoms with E-state index in [0.717, 1.165) is 5.56 Å². The topological polar surface area (TPSA) is 50.8 Å². The Morgan fingerprint density at radius 2 is 1.92 bits per heavy atom. The maximum absolute atomic E-state index is 11.9. The summed E-state index contributed by atoms with van der Waals surface area (Å²) in [4.78, 5) is 14.0. The number of nitrogens with zero attached hydrogens (tertiary/aromatic N) is 1. The van der Waals surface area contributed by atoms with E-state index in [2.05, 4.69) is 10.2 Å². The van der Waals surface area contributed by atoms with Crippen molar-refractivity contribution >= 4 is 23.4 Å². The maximum Gasteiger partial charge on any atom is 0.411 e. The standard InChI is InChI=1S/C19H23ClN2O3/c1-22(2)18(14-7-9-15(20)10-8-14)11-12-25-19(23)21-16-5-4-6-17(13-16)24-3/h4-10,13,18H,11-12H2,1-3H3,(H,21,23). The number of hydrogen-bond donors (Lipinski definition) is 1. The van der Waals surface area contributed by atoms with Crippen molar-refractivity contribution in [3.05, 3.63) is 59.1 Å². The Kier molecular flexibility index (Phi) is 7.10. The number of rotatable bonds is 7. The van der Waals surface area contributed by atoms with Crippen molar-refractivity contribution in [2.75, 3.05) is 33.1 Å². The molecule has 0 spiro atoms. The molecular formula is C19H23ClN2O3. The summed E-state index contributed by atoms with van der Waals surface area (Å²) in [5.41, 5.74) is 1.76. The maximum atomic E-state index is 11.9. The molecule has 1 amide bonds. The largest absolute Gasteiger partial charge is 0.497 e. The van der Waals surface area contributed by atoms with Crippen molar-refractivity contribution < 1.29 is 14.3 Å². The van der Waals surface area contributed by atoms with Crippen LogP contribution in [0.1, 0.15) is 18.0 Å². The zero-order valence-corrected chi connectivity index (χ0v) is 15.4. The number of anilines is 1. The van der Waals surface area contributed by atoms with Crippen LogP contribution in [0.4, 0.5) is 10.5 Å². The first-order valence-electron chi connectivity index (χ1n) is 7.99. The van der Waals surface area contributed by atoms with E-state index >= 15 is 0 Å². The molecule has 0 aliphatic rings. The van der Waals surface area contributed by atoms with Crippen molar-refractivity contribution in [2.24, 2.45) is 0 Å². The SMILES string of the molecule is COc1cccc(NC(=O)OCCC(c2ccc(Cl)cc2)N(C)C)c1. The Bertz CT molecular complexity index is 689. The van der Waals surface area contributed by atoms with Gasteiger partial charge in [0.1, 0.15) is 5.75 Å². The van der Waals surface area contributed by atoms with Gasteiger partial charge in [-0.25, -0.2) is 4.79 Å². The lowest BCUT2D eigenvalue weighted by atomic mass is 10.0. The van der Waals surface area contributed by atoms with Crippen molar-refractivity contribution in [3.63, 3.8) is 0 Å². The monoisotopic (exact) mass is 362 g/mol. The van der Waals surface area contributed by atoms with Gasteiger partial charge in [-0.15, -0.1) is 0 Å². The van der Waals surface area contributed by atoms with E-state index in [4.69, 9.17) is 21.1 Å². The average Bonchev–Trinajstić information content (AvgIpc) is 2.59. The number of benzene rings is 2. The summed E-state index contributed by atoms with van der Waals surface area (Å²) in [6.45, 7) is 0.307. The number of amides is 1. The zero-order chi connectivity index (χ0) is 18.2. The van der Waals surface area contributed by atoms with Crippen LogP contribution in [0.15, 0.2) is 48.5 Å². The molecule has 0 aromatic heterocycles. The second-order valence-corrected chi connectivity index (χ2v) is 6.25. The Morgan fingerprint density at radius 3 is 2.56 bits per heavy atom. The number of hydrogen-bond acceptors (Lipinski definition) is 4. The fourth-order valence-corrected chi connectivity index (χ4v) is 2.65. The van der Waals surface area contributed by atoms with Gasteiger partial charge in [0.2, 0.25) is 0 Å². The van der Waals surface area contributed by atoms with Crippen molar-refractivity contribution in [2.45, 2.75) is 12.5 Å². The summed E-state index contributed by atoms with van der Waals surface area (Å²) < 4.78 is 10.4. The Balaban J connectivity index is 1.86. The molecule has 2 aromatic carbocycles. The van der Waals surface area contributed by atoms with Crippen molar-refractivity contribution in [3.8, 4) is 5.75 Å². The molecule has 0 aliphatic heterocycles. The molecule has 0 radical (unpaired) electrons. The molecule has 1 N–H and O–H groups in total. The molecule has 134 valence electrons. The molecule has 5 nitrogen and oxygen atoms in total. The first kappa shape index (κ1) is 19.1. The Labute approximate surface area is 153 Å². The second kappa shape index (κ2) is 9.30. The van der Waals surface area contributed by atoms with Crippen LogP contribution in [0.3, 0.4) is 0 Å². The lowest BCUT2D eigenvalue weighted by Crippen LogP contribution is -2.23. The lowest BCUT2D eigenvalue weighted by molar-refractivity contribution is 0.145. The lowest BCUT2D eigenvalue weighted by Gasteiger charge is -2.24. The third-order valence-electron chi connectivity index (χ3n) is 3.82. The second-order valence-electron chi connectivity index (χ2n) is 5.81. The minimum atomic E-state index is -0.484. The number of nitrogens with one attached hydrogen (secondary N) is 1. The third-order valence-corrected chi connectivity index (χ3v) is 4.07. The molecule has 0 heterocycles.